The number of nitrogens with zero attached hydrogens (tertiary/aromatic N) is 7. The van der Waals surface area contributed by atoms with Crippen LogP contribution in [-0.4, -0.2) is 90.4 Å². The number of carbonyl (C=O) groups excluding carboxylic acids is 1. The molecule has 0 spiro atoms. The van der Waals surface area contributed by atoms with Crippen molar-refractivity contribution in [1.29, 1.82) is 0 Å². The SMILES string of the molecule is Cc1c([C@@H](O)CN2CCN(C[C@@H](O)c3ccc(-n4cnnn4)nc3)CC2)ccc2c1COC2=O.Cl. The monoisotopic (exact) mass is 501 g/mol. The molecule has 0 unspecified atom stereocenters. The summed E-state index contributed by atoms with van der Waals surface area (Å²) in [5, 5.41) is 32.5. The molecule has 5 rings (SSSR count). The molecule has 2 aliphatic heterocycles. The number of aromatic nitrogens is 5. The minimum absolute atomic E-state index is 0. The Bertz CT molecular complexity index is 1150. The highest BCUT2D eigenvalue weighted by molar-refractivity contribution is 5.93. The fourth-order valence-corrected chi connectivity index (χ4v) is 4.57. The molecule has 0 amide bonds. The van der Waals surface area contributed by atoms with E-state index in [9.17, 15) is 15.0 Å². The van der Waals surface area contributed by atoms with Crippen LogP contribution in [0.4, 0.5) is 0 Å². The maximum absolute atomic E-state index is 11.8. The summed E-state index contributed by atoms with van der Waals surface area (Å²) in [7, 11) is 0. The third-order valence-electron chi connectivity index (χ3n) is 6.63. The molecule has 1 fully saturated rings. The molecule has 0 aliphatic carbocycles. The van der Waals surface area contributed by atoms with Crippen molar-refractivity contribution in [3.05, 3.63) is 64.6 Å². The highest BCUT2D eigenvalue weighted by Crippen LogP contribution is 2.29. The lowest BCUT2D eigenvalue weighted by atomic mass is 9.95. The smallest absolute Gasteiger partial charge is 0.338 e. The van der Waals surface area contributed by atoms with Gasteiger partial charge in [-0.05, 0) is 40.6 Å². The van der Waals surface area contributed by atoms with Crippen molar-refractivity contribution in [1.82, 2.24) is 35.0 Å². The maximum Gasteiger partial charge on any atom is 0.338 e. The van der Waals surface area contributed by atoms with E-state index in [4.69, 9.17) is 4.74 Å². The van der Waals surface area contributed by atoms with E-state index in [1.54, 1.807) is 18.3 Å². The molecule has 11 nitrogen and oxygen atoms in total. The number of pyridine rings is 1. The summed E-state index contributed by atoms with van der Waals surface area (Å²) in [5.74, 6) is 0.294. The van der Waals surface area contributed by atoms with Gasteiger partial charge < -0.3 is 14.9 Å². The van der Waals surface area contributed by atoms with Crippen LogP contribution >= 0.6 is 12.4 Å². The molecule has 2 atom stereocenters. The van der Waals surface area contributed by atoms with Gasteiger partial charge in [0.05, 0.1) is 17.8 Å². The van der Waals surface area contributed by atoms with Crippen LogP contribution < -0.4 is 0 Å². The summed E-state index contributed by atoms with van der Waals surface area (Å²) in [6.45, 7) is 6.43. The Kier molecular flexibility index (Phi) is 7.72. The minimum atomic E-state index is -0.647. The van der Waals surface area contributed by atoms with Crippen LogP contribution in [0.2, 0.25) is 0 Å². The fourth-order valence-electron chi connectivity index (χ4n) is 4.57. The number of hydrogen-bond acceptors (Lipinski definition) is 10. The van der Waals surface area contributed by atoms with Crippen molar-refractivity contribution in [3.8, 4) is 5.82 Å². The second-order valence-corrected chi connectivity index (χ2v) is 8.72. The molecular weight excluding hydrogens is 474 g/mol. The number of fused-ring (bicyclic) bond motifs is 1. The summed E-state index contributed by atoms with van der Waals surface area (Å²) in [5.41, 5.74) is 3.98. The average molecular weight is 502 g/mol. The number of tetrazole rings is 1. The fraction of sp³-hybridized carbons (Fsp3) is 0.435. The Morgan fingerprint density at radius 2 is 1.74 bits per heavy atom. The van der Waals surface area contributed by atoms with E-state index in [0.29, 0.717) is 24.5 Å². The quantitative estimate of drug-likeness (QED) is 0.449. The number of hydrogen-bond donors (Lipinski definition) is 2. The number of β-amino-alcohol motifs (C(OH)–C–C–N with tert-alkyl or cyclic N) is 2. The van der Waals surface area contributed by atoms with Crippen LogP contribution in [0.15, 0.2) is 36.8 Å². The molecule has 0 radical (unpaired) electrons. The van der Waals surface area contributed by atoms with Gasteiger partial charge in [0, 0.05) is 56.6 Å². The molecule has 2 aromatic heterocycles. The van der Waals surface area contributed by atoms with E-state index in [1.165, 1.54) is 11.0 Å². The van der Waals surface area contributed by atoms with Crippen LogP contribution in [0, 0.1) is 6.92 Å². The van der Waals surface area contributed by atoms with Gasteiger partial charge in [0.2, 0.25) is 0 Å². The normalized spacial score (nSPS) is 18.0. The standard InChI is InChI=1S/C23H27N7O4.ClH/c1-15-17(3-4-18-19(15)13-34-23(18)33)21(32)12-29-8-6-28(7-9-29)11-20(31)16-2-5-22(24-10-16)30-14-25-26-27-30;/h2-5,10,14,20-21,31-32H,6-9,11-13H2,1H3;1H/t20-,21+;/m1./s1. The van der Waals surface area contributed by atoms with Crippen LogP contribution in [0.1, 0.15) is 44.8 Å². The molecule has 1 saturated heterocycles. The Hall–Kier alpha value is -2.96. The predicted octanol–water partition coefficient (Wildman–Crippen LogP) is 0.843. The zero-order chi connectivity index (χ0) is 23.7. The summed E-state index contributed by atoms with van der Waals surface area (Å²) in [6.07, 6.45) is 1.83. The van der Waals surface area contributed by atoms with Gasteiger partial charge in [-0.1, -0.05) is 12.1 Å². The van der Waals surface area contributed by atoms with Crippen molar-refractivity contribution < 1.29 is 19.7 Å². The molecular formula is C23H28ClN7O4. The summed E-state index contributed by atoms with van der Waals surface area (Å²) in [4.78, 5) is 20.5. The molecule has 12 heteroatoms. The zero-order valence-electron chi connectivity index (χ0n) is 19.3. The van der Waals surface area contributed by atoms with Crippen LogP contribution in [0.25, 0.3) is 5.82 Å². The second-order valence-electron chi connectivity index (χ2n) is 8.72. The molecule has 35 heavy (non-hydrogen) atoms. The first kappa shape index (κ1) is 25.1. The molecule has 0 saturated carbocycles. The number of cyclic esters (lactones) is 1. The number of ether oxygens (including phenoxy) is 1. The highest BCUT2D eigenvalue weighted by atomic mass is 35.5. The molecule has 0 bridgehead atoms. The number of halogens is 1. The zero-order valence-corrected chi connectivity index (χ0v) is 20.1. The lowest BCUT2D eigenvalue weighted by molar-refractivity contribution is 0.0480. The Morgan fingerprint density at radius 1 is 1.03 bits per heavy atom. The topological polar surface area (TPSA) is 130 Å². The maximum atomic E-state index is 11.8. The largest absolute Gasteiger partial charge is 0.457 e. The highest BCUT2D eigenvalue weighted by Gasteiger charge is 2.27. The van der Waals surface area contributed by atoms with Crippen LogP contribution in [0.3, 0.4) is 0 Å². The first-order valence-electron chi connectivity index (χ1n) is 11.3. The first-order valence-corrected chi connectivity index (χ1v) is 11.3. The van der Waals surface area contributed by atoms with Gasteiger partial charge in [0.1, 0.15) is 12.9 Å². The Balaban J connectivity index is 0.00000289. The number of benzene rings is 1. The van der Waals surface area contributed by atoms with Crippen molar-refractivity contribution in [2.45, 2.75) is 25.7 Å². The average Bonchev–Trinajstić information content (AvgIpc) is 3.51. The lowest BCUT2D eigenvalue weighted by Crippen LogP contribution is -2.48. The summed E-state index contributed by atoms with van der Waals surface area (Å²) >= 11 is 0. The number of piperazine rings is 1. The molecule has 4 heterocycles. The molecule has 1 aromatic carbocycles. The summed E-state index contributed by atoms with van der Waals surface area (Å²) in [6, 6.07) is 7.19. The number of aliphatic hydroxyl groups is 2. The molecule has 186 valence electrons. The van der Waals surface area contributed by atoms with E-state index in [1.807, 2.05) is 19.1 Å². The number of esters is 1. The van der Waals surface area contributed by atoms with Gasteiger partial charge in [-0.15, -0.1) is 17.5 Å². The van der Waals surface area contributed by atoms with Gasteiger partial charge in [-0.25, -0.2) is 9.78 Å². The number of carbonyl (C=O) groups is 1. The van der Waals surface area contributed by atoms with Crippen molar-refractivity contribution in [2.24, 2.45) is 0 Å². The van der Waals surface area contributed by atoms with Crippen LogP contribution in [0.5, 0.6) is 0 Å². The van der Waals surface area contributed by atoms with E-state index in [-0.39, 0.29) is 25.0 Å². The third-order valence-corrected chi connectivity index (χ3v) is 6.63. The van der Waals surface area contributed by atoms with E-state index in [2.05, 4.69) is 30.3 Å². The number of aliphatic hydroxyl groups excluding tert-OH is 2. The van der Waals surface area contributed by atoms with Crippen molar-refractivity contribution >= 4 is 18.4 Å². The Labute approximate surface area is 208 Å². The molecule has 2 N–H and O–H groups in total. The second kappa shape index (κ2) is 10.8. The van der Waals surface area contributed by atoms with Gasteiger partial charge >= 0.3 is 5.97 Å². The van der Waals surface area contributed by atoms with E-state index in [0.717, 1.165) is 48.4 Å². The Morgan fingerprint density at radius 3 is 2.37 bits per heavy atom. The van der Waals surface area contributed by atoms with Gasteiger partial charge in [0.15, 0.2) is 5.82 Å². The van der Waals surface area contributed by atoms with Crippen LogP contribution in [-0.2, 0) is 11.3 Å². The minimum Gasteiger partial charge on any atom is -0.457 e. The summed E-state index contributed by atoms with van der Waals surface area (Å²) < 4.78 is 6.58. The van der Waals surface area contributed by atoms with Crippen molar-refractivity contribution in [2.75, 3.05) is 39.3 Å². The first-order chi connectivity index (χ1) is 16.5. The van der Waals surface area contributed by atoms with E-state index < -0.39 is 12.2 Å². The third kappa shape index (κ3) is 5.34. The van der Waals surface area contributed by atoms with Gasteiger partial charge in [-0.2, -0.15) is 4.68 Å². The molecule has 2 aliphatic rings. The van der Waals surface area contributed by atoms with Gasteiger partial charge in [0.25, 0.3) is 0 Å². The van der Waals surface area contributed by atoms with Crippen molar-refractivity contribution in [3.63, 3.8) is 0 Å². The van der Waals surface area contributed by atoms with Gasteiger partial charge in [-0.3, -0.25) is 9.80 Å². The molecule has 3 aromatic rings. The lowest BCUT2D eigenvalue weighted by Gasteiger charge is -2.36. The predicted molar refractivity (Wildman–Crippen MR) is 127 cm³/mol. The number of rotatable bonds is 7. The van der Waals surface area contributed by atoms with E-state index >= 15 is 0 Å².